The topological polar surface area (TPSA) is 103 Å². The van der Waals surface area contributed by atoms with Gasteiger partial charge in [-0.05, 0) is 31.0 Å². The molecule has 0 aliphatic heterocycles. The molecular weight excluding hydrogens is 473 g/mol. The quantitative estimate of drug-likeness (QED) is 0.246. The van der Waals surface area contributed by atoms with E-state index in [1.165, 1.54) is 30.0 Å². The summed E-state index contributed by atoms with van der Waals surface area (Å²) in [6, 6.07) is 11.6. The summed E-state index contributed by atoms with van der Waals surface area (Å²) in [4.78, 5) is 23.0. The lowest BCUT2D eigenvalue weighted by Gasteiger charge is -2.17. The summed E-state index contributed by atoms with van der Waals surface area (Å²) in [5, 5.41) is 23.8. The molecular formula is C21H19Cl2N5O3S. The Morgan fingerprint density at radius 3 is 2.62 bits per heavy atom. The predicted octanol–water partition coefficient (Wildman–Crippen LogP) is 6.01. The van der Waals surface area contributed by atoms with Crippen LogP contribution in [0.1, 0.15) is 31.7 Å². The van der Waals surface area contributed by atoms with E-state index in [9.17, 15) is 14.9 Å². The van der Waals surface area contributed by atoms with Crippen molar-refractivity contribution in [2.75, 3.05) is 11.1 Å². The molecule has 32 heavy (non-hydrogen) atoms. The zero-order valence-corrected chi connectivity index (χ0v) is 19.2. The molecule has 3 aromatic rings. The van der Waals surface area contributed by atoms with Gasteiger partial charge in [0.15, 0.2) is 11.0 Å². The highest BCUT2D eigenvalue weighted by molar-refractivity contribution is 7.99. The summed E-state index contributed by atoms with van der Waals surface area (Å²) in [6.45, 7) is 0. The fraction of sp³-hybridized carbons (Fsp3) is 0.286. The molecule has 1 fully saturated rings. The van der Waals surface area contributed by atoms with Crippen molar-refractivity contribution in [3.63, 3.8) is 0 Å². The van der Waals surface area contributed by atoms with E-state index in [1.807, 2.05) is 24.3 Å². The highest BCUT2D eigenvalue weighted by Gasteiger charge is 2.26. The number of rotatable bonds is 7. The first-order chi connectivity index (χ1) is 15.4. The van der Waals surface area contributed by atoms with E-state index in [2.05, 4.69) is 20.1 Å². The van der Waals surface area contributed by atoms with Gasteiger partial charge < -0.3 is 5.32 Å². The van der Waals surface area contributed by atoms with Crippen molar-refractivity contribution in [1.82, 2.24) is 14.8 Å². The molecule has 11 heteroatoms. The monoisotopic (exact) mass is 491 g/mol. The lowest BCUT2D eigenvalue weighted by Crippen LogP contribution is -2.16. The van der Waals surface area contributed by atoms with Crippen LogP contribution >= 0.6 is 35.0 Å². The second-order valence-corrected chi connectivity index (χ2v) is 9.11. The number of halogens is 2. The van der Waals surface area contributed by atoms with Crippen LogP contribution < -0.4 is 5.32 Å². The molecule has 1 heterocycles. The standard InChI is InChI=1S/C21H19Cl2N5O3S/c22-16-8-4-3-7-15(16)20-25-26-21(27(20)13-5-1-2-6-13)32-12-19(29)24-18-11-14(28(30)31)9-10-17(18)23/h3-4,7-11,13H,1-2,5-6,12H2,(H,24,29). The van der Waals surface area contributed by atoms with Gasteiger partial charge in [-0.3, -0.25) is 19.5 Å². The third-order valence-electron chi connectivity index (χ3n) is 5.24. The number of thioether (sulfide) groups is 1. The molecule has 1 N–H and O–H groups in total. The fourth-order valence-corrected chi connectivity index (χ4v) is 4.92. The maximum atomic E-state index is 12.5. The molecule has 166 valence electrons. The van der Waals surface area contributed by atoms with Crippen LogP contribution in [-0.4, -0.2) is 31.3 Å². The van der Waals surface area contributed by atoms with Crippen molar-refractivity contribution in [1.29, 1.82) is 0 Å². The molecule has 0 bridgehead atoms. The van der Waals surface area contributed by atoms with Crippen molar-refractivity contribution < 1.29 is 9.72 Å². The van der Waals surface area contributed by atoms with E-state index in [0.717, 1.165) is 31.2 Å². The molecule has 0 unspecified atom stereocenters. The van der Waals surface area contributed by atoms with Gasteiger partial charge in [0.25, 0.3) is 5.69 Å². The Bertz CT molecular complexity index is 1160. The number of hydrogen-bond donors (Lipinski definition) is 1. The van der Waals surface area contributed by atoms with E-state index >= 15 is 0 Å². The molecule has 1 aliphatic rings. The number of nitro benzene ring substituents is 1. The van der Waals surface area contributed by atoms with Gasteiger partial charge in [0.2, 0.25) is 5.91 Å². The lowest BCUT2D eigenvalue weighted by molar-refractivity contribution is -0.384. The molecule has 1 amide bonds. The Morgan fingerprint density at radius 2 is 1.91 bits per heavy atom. The minimum atomic E-state index is -0.541. The molecule has 1 aliphatic carbocycles. The van der Waals surface area contributed by atoms with Gasteiger partial charge in [-0.1, -0.05) is 59.9 Å². The Hall–Kier alpha value is -2.62. The molecule has 1 saturated carbocycles. The molecule has 0 saturated heterocycles. The Balaban J connectivity index is 1.53. The average molecular weight is 492 g/mol. The summed E-state index contributed by atoms with van der Waals surface area (Å²) < 4.78 is 2.08. The van der Waals surface area contributed by atoms with Crippen LogP contribution in [0.2, 0.25) is 10.0 Å². The second-order valence-electron chi connectivity index (χ2n) is 7.35. The molecule has 0 radical (unpaired) electrons. The van der Waals surface area contributed by atoms with Crippen molar-refractivity contribution in [3.8, 4) is 11.4 Å². The van der Waals surface area contributed by atoms with Gasteiger partial charge in [-0.2, -0.15) is 0 Å². The van der Waals surface area contributed by atoms with E-state index in [-0.39, 0.29) is 34.1 Å². The average Bonchev–Trinajstić information content (AvgIpc) is 3.43. The smallest absolute Gasteiger partial charge is 0.271 e. The minimum Gasteiger partial charge on any atom is -0.324 e. The number of benzene rings is 2. The van der Waals surface area contributed by atoms with Gasteiger partial charge in [-0.25, -0.2) is 0 Å². The second kappa shape index (κ2) is 9.89. The Kier molecular flexibility index (Phi) is 6.98. The number of carbonyl (C=O) groups excluding carboxylic acids is 1. The highest BCUT2D eigenvalue weighted by Crippen LogP contribution is 2.38. The van der Waals surface area contributed by atoms with Crippen LogP contribution in [0.4, 0.5) is 11.4 Å². The van der Waals surface area contributed by atoms with Gasteiger partial charge in [0, 0.05) is 23.7 Å². The van der Waals surface area contributed by atoms with Crippen LogP contribution in [0.15, 0.2) is 47.6 Å². The summed E-state index contributed by atoms with van der Waals surface area (Å²) in [5.74, 6) is 0.386. The van der Waals surface area contributed by atoms with E-state index in [4.69, 9.17) is 23.2 Å². The van der Waals surface area contributed by atoms with Crippen molar-refractivity contribution >= 4 is 52.2 Å². The SMILES string of the molecule is O=C(CSc1nnc(-c2ccccc2Cl)n1C1CCCC1)Nc1cc([N+](=O)[O-])ccc1Cl. The van der Waals surface area contributed by atoms with Crippen molar-refractivity contribution in [3.05, 3.63) is 62.6 Å². The predicted molar refractivity (Wildman–Crippen MR) is 125 cm³/mol. The number of anilines is 1. The summed E-state index contributed by atoms with van der Waals surface area (Å²) in [6.07, 6.45) is 4.28. The Labute approximate surface area is 198 Å². The minimum absolute atomic E-state index is 0.0480. The molecule has 0 atom stereocenters. The van der Waals surface area contributed by atoms with Crippen LogP contribution in [-0.2, 0) is 4.79 Å². The normalized spacial score (nSPS) is 13.9. The van der Waals surface area contributed by atoms with Gasteiger partial charge in [-0.15, -0.1) is 10.2 Å². The van der Waals surface area contributed by atoms with Crippen LogP contribution in [0.5, 0.6) is 0 Å². The third kappa shape index (κ3) is 4.90. The first-order valence-electron chi connectivity index (χ1n) is 10.0. The number of nitro groups is 1. The number of non-ortho nitro benzene ring substituents is 1. The summed E-state index contributed by atoms with van der Waals surface area (Å²) in [5.41, 5.74) is 0.844. The summed E-state index contributed by atoms with van der Waals surface area (Å²) >= 11 is 13.7. The number of hydrogen-bond acceptors (Lipinski definition) is 6. The third-order valence-corrected chi connectivity index (χ3v) is 6.84. The van der Waals surface area contributed by atoms with E-state index in [1.54, 1.807) is 0 Å². The van der Waals surface area contributed by atoms with Crippen LogP contribution in [0, 0.1) is 10.1 Å². The van der Waals surface area contributed by atoms with Gasteiger partial charge in [0.1, 0.15) is 0 Å². The van der Waals surface area contributed by atoms with E-state index < -0.39 is 4.92 Å². The number of amides is 1. The first kappa shape index (κ1) is 22.6. The largest absolute Gasteiger partial charge is 0.324 e. The van der Waals surface area contributed by atoms with E-state index in [0.29, 0.717) is 16.0 Å². The Morgan fingerprint density at radius 1 is 1.16 bits per heavy atom. The van der Waals surface area contributed by atoms with Gasteiger partial charge in [0.05, 0.1) is 26.4 Å². The number of aromatic nitrogens is 3. The fourth-order valence-electron chi connectivity index (χ4n) is 3.73. The molecule has 1 aromatic heterocycles. The van der Waals surface area contributed by atoms with Crippen molar-refractivity contribution in [2.24, 2.45) is 0 Å². The molecule has 8 nitrogen and oxygen atoms in total. The van der Waals surface area contributed by atoms with Gasteiger partial charge >= 0.3 is 0 Å². The van der Waals surface area contributed by atoms with Crippen LogP contribution in [0.25, 0.3) is 11.4 Å². The number of nitrogens with zero attached hydrogens (tertiary/aromatic N) is 4. The molecule has 4 rings (SSSR count). The highest BCUT2D eigenvalue weighted by atomic mass is 35.5. The zero-order valence-electron chi connectivity index (χ0n) is 16.8. The maximum absolute atomic E-state index is 12.5. The number of nitrogens with one attached hydrogen (secondary N) is 1. The molecule has 0 spiro atoms. The number of carbonyl (C=O) groups is 1. The summed E-state index contributed by atoms with van der Waals surface area (Å²) in [7, 11) is 0. The first-order valence-corrected chi connectivity index (χ1v) is 11.7. The lowest BCUT2D eigenvalue weighted by atomic mass is 10.2. The maximum Gasteiger partial charge on any atom is 0.271 e. The molecule has 2 aromatic carbocycles. The van der Waals surface area contributed by atoms with Crippen molar-refractivity contribution in [2.45, 2.75) is 36.9 Å². The van der Waals surface area contributed by atoms with Crippen LogP contribution in [0.3, 0.4) is 0 Å². The zero-order chi connectivity index (χ0) is 22.7.